The number of hydrogen-bond donors (Lipinski definition) is 1. The molecule has 2 aromatic heterocycles. The Labute approximate surface area is 141 Å². The third kappa shape index (κ3) is 3.08. The summed E-state index contributed by atoms with van der Waals surface area (Å²) in [6, 6.07) is 14.2. The molecule has 0 bridgehead atoms. The predicted octanol–water partition coefficient (Wildman–Crippen LogP) is 0.890. The third-order valence-electron chi connectivity index (χ3n) is 3.46. The van der Waals surface area contributed by atoms with E-state index in [1.54, 1.807) is 36.4 Å². The first-order valence-corrected chi connectivity index (χ1v) is 7.28. The molecular weight excluding hydrogens is 322 g/mol. The molecule has 2 aromatic carbocycles. The van der Waals surface area contributed by atoms with Gasteiger partial charge in [-0.1, -0.05) is 6.07 Å². The van der Waals surface area contributed by atoms with E-state index in [9.17, 15) is 4.79 Å². The van der Waals surface area contributed by atoms with Gasteiger partial charge in [0.15, 0.2) is 0 Å². The lowest BCUT2D eigenvalue weighted by atomic mass is 10.2. The van der Waals surface area contributed by atoms with Crippen molar-refractivity contribution in [3.05, 3.63) is 66.7 Å². The second kappa shape index (κ2) is 6.28. The van der Waals surface area contributed by atoms with Crippen LogP contribution in [0.2, 0.25) is 0 Å². The molecule has 10 heteroatoms. The average Bonchev–Trinajstić information content (AvgIpc) is 3.36. The van der Waals surface area contributed by atoms with E-state index in [2.05, 4.69) is 36.4 Å². The Morgan fingerprint density at radius 1 is 0.840 bits per heavy atom. The fourth-order valence-corrected chi connectivity index (χ4v) is 2.25. The van der Waals surface area contributed by atoms with Crippen LogP contribution in [-0.4, -0.2) is 46.3 Å². The third-order valence-corrected chi connectivity index (χ3v) is 3.46. The lowest BCUT2D eigenvalue weighted by molar-refractivity contribution is 0.102. The number of carbonyl (C=O) groups is 1. The number of nitrogens with one attached hydrogen (secondary N) is 1. The van der Waals surface area contributed by atoms with Crippen LogP contribution >= 0.6 is 0 Å². The van der Waals surface area contributed by atoms with Gasteiger partial charge in [-0.25, -0.2) is 9.36 Å². The van der Waals surface area contributed by atoms with E-state index in [1.807, 2.05) is 12.1 Å². The van der Waals surface area contributed by atoms with Crippen LogP contribution in [0.25, 0.3) is 11.4 Å². The van der Waals surface area contributed by atoms with Crippen LogP contribution < -0.4 is 5.32 Å². The zero-order valence-corrected chi connectivity index (χ0v) is 12.8. The molecule has 122 valence electrons. The van der Waals surface area contributed by atoms with Gasteiger partial charge in [-0.05, 0) is 63.3 Å². The van der Waals surface area contributed by atoms with Crippen LogP contribution in [0, 0.1) is 0 Å². The normalized spacial score (nSPS) is 10.6. The Morgan fingerprint density at radius 2 is 1.52 bits per heavy atom. The van der Waals surface area contributed by atoms with Crippen molar-refractivity contribution in [2.75, 3.05) is 5.32 Å². The maximum atomic E-state index is 12.4. The summed E-state index contributed by atoms with van der Waals surface area (Å²) in [5.74, 6) is -0.225. The number of amides is 1. The Hall–Kier alpha value is -3.95. The summed E-state index contributed by atoms with van der Waals surface area (Å²) >= 11 is 0. The van der Waals surface area contributed by atoms with Gasteiger partial charge in [0.1, 0.15) is 12.7 Å². The number of carbonyl (C=O) groups excluding carboxylic acids is 1. The zero-order chi connectivity index (χ0) is 17.1. The van der Waals surface area contributed by atoms with E-state index < -0.39 is 0 Å². The van der Waals surface area contributed by atoms with E-state index in [0.29, 0.717) is 11.3 Å². The van der Waals surface area contributed by atoms with Crippen molar-refractivity contribution >= 4 is 11.6 Å². The second-order valence-electron chi connectivity index (χ2n) is 5.06. The summed E-state index contributed by atoms with van der Waals surface area (Å²) in [4.78, 5) is 12.4. The molecule has 0 spiro atoms. The number of benzene rings is 2. The molecule has 1 N–H and O–H groups in total. The zero-order valence-electron chi connectivity index (χ0n) is 12.8. The first-order valence-electron chi connectivity index (χ1n) is 7.28. The molecule has 0 fully saturated rings. The molecule has 1 amide bonds. The lowest BCUT2D eigenvalue weighted by Crippen LogP contribution is -2.12. The van der Waals surface area contributed by atoms with Gasteiger partial charge in [0.2, 0.25) is 0 Å². The summed E-state index contributed by atoms with van der Waals surface area (Å²) < 4.78 is 3.02. The van der Waals surface area contributed by atoms with Gasteiger partial charge in [0, 0.05) is 11.3 Å². The molecule has 0 atom stereocenters. The van der Waals surface area contributed by atoms with Crippen LogP contribution in [0.1, 0.15) is 10.4 Å². The van der Waals surface area contributed by atoms with Crippen molar-refractivity contribution in [1.29, 1.82) is 0 Å². The standard InChI is InChI=1S/C15H11N9O/c25-15(11-4-6-13(7-5-11)23-9-16-19-21-23)18-12-2-1-3-14(8-12)24-10-17-20-22-24/h1-10H,(H,18,25). The minimum atomic E-state index is -0.225. The van der Waals surface area contributed by atoms with Gasteiger partial charge in [0.25, 0.3) is 5.91 Å². The first kappa shape index (κ1) is 14.6. The smallest absolute Gasteiger partial charge is 0.255 e. The molecule has 0 saturated carbocycles. The number of anilines is 1. The van der Waals surface area contributed by atoms with Crippen molar-refractivity contribution in [2.24, 2.45) is 0 Å². The molecule has 4 aromatic rings. The molecule has 10 nitrogen and oxygen atoms in total. The number of tetrazole rings is 2. The minimum absolute atomic E-state index is 0.225. The summed E-state index contributed by atoms with van der Waals surface area (Å²) in [5.41, 5.74) is 2.67. The maximum Gasteiger partial charge on any atom is 0.255 e. The van der Waals surface area contributed by atoms with Crippen LogP contribution in [-0.2, 0) is 0 Å². The molecule has 2 heterocycles. The Balaban J connectivity index is 1.51. The fraction of sp³-hybridized carbons (Fsp3) is 0. The van der Waals surface area contributed by atoms with Crippen LogP contribution in [0.15, 0.2) is 61.2 Å². The number of aromatic nitrogens is 8. The fourth-order valence-electron chi connectivity index (χ4n) is 2.25. The van der Waals surface area contributed by atoms with Crippen LogP contribution in [0.4, 0.5) is 5.69 Å². The summed E-state index contributed by atoms with van der Waals surface area (Å²) in [6.45, 7) is 0. The van der Waals surface area contributed by atoms with Crippen molar-refractivity contribution in [2.45, 2.75) is 0 Å². The molecule has 0 aliphatic heterocycles. The molecule has 0 saturated heterocycles. The monoisotopic (exact) mass is 333 g/mol. The highest BCUT2D eigenvalue weighted by Crippen LogP contribution is 2.15. The SMILES string of the molecule is O=C(Nc1cccc(-n2cnnn2)c1)c1ccc(-n2cnnn2)cc1. The number of rotatable bonds is 4. The average molecular weight is 333 g/mol. The highest BCUT2D eigenvalue weighted by Gasteiger charge is 2.08. The van der Waals surface area contributed by atoms with E-state index in [0.717, 1.165) is 11.4 Å². The maximum absolute atomic E-state index is 12.4. The van der Waals surface area contributed by atoms with Gasteiger partial charge < -0.3 is 5.32 Å². The van der Waals surface area contributed by atoms with Crippen molar-refractivity contribution in [3.63, 3.8) is 0 Å². The minimum Gasteiger partial charge on any atom is -0.322 e. The largest absolute Gasteiger partial charge is 0.322 e. The van der Waals surface area contributed by atoms with Gasteiger partial charge >= 0.3 is 0 Å². The quantitative estimate of drug-likeness (QED) is 0.589. The molecule has 4 rings (SSSR count). The topological polar surface area (TPSA) is 116 Å². The van der Waals surface area contributed by atoms with Crippen molar-refractivity contribution < 1.29 is 4.79 Å². The number of nitrogens with zero attached hydrogens (tertiary/aromatic N) is 8. The van der Waals surface area contributed by atoms with E-state index in [4.69, 9.17) is 0 Å². The second-order valence-corrected chi connectivity index (χ2v) is 5.06. The highest BCUT2D eigenvalue weighted by atomic mass is 16.1. The van der Waals surface area contributed by atoms with Gasteiger partial charge in [-0.2, -0.15) is 0 Å². The molecule has 0 radical (unpaired) electrons. The van der Waals surface area contributed by atoms with Gasteiger partial charge in [-0.15, -0.1) is 10.2 Å². The lowest BCUT2D eigenvalue weighted by Gasteiger charge is -2.07. The highest BCUT2D eigenvalue weighted by molar-refractivity contribution is 6.04. The molecular formula is C15H11N9O. The number of hydrogen-bond acceptors (Lipinski definition) is 7. The van der Waals surface area contributed by atoms with Crippen molar-refractivity contribution in [3.8, 4) is 11.4 Å². The molecule has 0 aliphatic carbocycles. The predicted molar refractivity (Wildman–Crippen MR) is 86.3 cm³/mol. The van der Waals surface area contributed by atoms with Gasteiger partial charge in [0.05, 0.1) is 11.4 Å². The van der Waals surface area contributed by atoms with E-state index >= 15 is 0 Å². The summed E-state index contributed by atoms with van der Waals surface area (Å²) in [5, 5.41) is 24.8. The van der Waals surface area contributed by atoms with Gasteiger partial charge in [-0.3, -0.25) is 4.79 Å². The first-order chi connectivity index (χ1) is 12.3. The molecule has 0 aliphatic rings. The van der Waals surface area contributed by atoms with Crippen LogP contribution in [0.3, 0.4) is 0 Å². The Kier molecular flexibility index (Phi) is 3.67. The Bertz CT molecular complexity index is 978. The van der Waals surface area contributed by atoms with E-state index in [1.165, 1.54) is 22.0 Å². The summed E-state index contributed by atoms with van der Waals surface area (Å²) in [6.07, 6.45) is 2.97. The molecule has 0 unspecified atom stereocenters. The summed E-state index contributed by atoms with van der Waals surface area (Å²) in [7, 11) is 0. The van der Waals surface area contributed by atoms with Crippen LogP contribution in [0.5, 0.6) is 0 Å². The molecule has 25 heavy (non-hydrogen) atoms. The van der Waals surface area contributed by atoms with E-state index in [-0.39, 0.29) is 5.91 Å². The Morgan fingerprint density at radius 3 is 2.16 bits per heavy atom. The van der Waals surface area contributed by atoms with Crippen molar-refractivity contribution in [1.82, 2.24) is 40.4 Å².